The number of amides is 2. The van der Waals surface area contributed by atoms with Crippen LogP contribution in [0.25, 0.3) is 0 Å². The minimum absolute atomic E-state index is 0.0845. The Labute approximate surface area is 161 Å². The van der Waals surface area contributed by atoms with Gasteiger partial charge in [0.05, 0.1) is 11.6 Å². The highest BCUT2D eigenvalue weighted by molar-refractivity contribution is 8.02. The molecular weight excluding hydrogens is 406 g/mol. The van der Waals surface area contributed by atoms with Crippen molar-refractivity contribution in [3.8, 4) is 0 Å². The van der Waals surface area contributed by atoms with Gasteiger partial charge in [-0.1, -0.05) is 16.8 Å². The number of nitrogens with one attached hydrogen (secondary N) is 1. The molecule has 1 fully saturated rings. The lowest BCUT2D eigenvalue weighted by molar-refractivity contribution is -0.150. The number of thioether (sulfide) groups is 2. The summed E-state index contributed by atoms with van der Waals surface area (Å²) in [5.74, 6) is -1.21. The minimum Gasteiger partial charge on any atom is -0.490 e. The summed E-state index contributed by atoms with van der Waals surface area (Å²) < 4.78 is 5.41. The van der Waals surface area contributed by atoms with E-state index in [9.17, 15) is 19.5 Å². The van der Waals surface area contributed by atoms with Gasteiger partial charge in [-0.25, -0.2) is 4.79 Å². The van der Waals surface area contributed by atoms with Gasteiger partial charge in [0.1, 0.15) is 24.2 Å². The number of oxime groups is 1. The van der Waals surface area contributed by atoms with Crippen molar-refractivity contribution in [1.29, 1.82) is 0 Å². The van der Waals surface area contributed by atoms with E-state index in [2.05, 4.69) is 10.5 Å². The maximum Gasteiger partial charge on any atom is 0.353 e. The van der Waals surface area contributed by atoms with Crippen LogP contribution in [0.3, 0.4) is 0 Å². The summed E-state index contributed by atoms with van der Waals surface area (Å²) >= 11 is 8.66. The lowest BCUT2D eigenvalue weighted by Gasteiger charge is -2.48. The molecule has 0 aromatic rings. The third-order valence-corrected chi connectivity index (χ3v) is 6.23. The van der Waals surface area contributed by atoms with Crippen LogP contribution in [0.2, 0.25) is 0 Å². The predicted octanol–water partition coefficient (Wildman–Crippen LogP) is 0.529. The second-order valence-corrected chi connectivity index (χ2v) is 7.78. The van der Waals surface area contributed by atoms with Crippen LogP contribution in [-0.4, -0.2) is 70.1 Å². The van der Waals surface area contributed by atoms with Crippen molar-refractivity contribution in [3.05, 3.63) is 21.9 Å². The van der Waals surface area contributed by atoms with E-state index in [1.807, 2.05) is 0 Å². The molecule has 2 atom stereocenters. The number of halogens is 1. The summed E-state index contributed by atoms with van der Waals surface area (Å²) in [6.07, 6.45) is 0. The number of fused-ring (bicyclic) bond motifs is 1. The standard InChI is InChI=1S/C14H14ClN3O6S2/c1-23-17-8(7-5-25-3-2-24-7)11(19)16-9-12(20)18-10(14(21)22)6(15)4-26-13(9)18/h5,9,13H,2-4H2,1H3,(H,16,19)(H,21,22)/t9?,13-/m0/s1. The number of carboxylic acids is 1. The van der Waals surface area contributed by atoms with E-state index in [4.69, 9.17) is 21.2 Å². The Bertz CT molecular complexity index is 753. The largest absolute Gasteiger partial charge is 0.490 e. The zero-order valence-electron chi connectivity index (χ0n) is 13.4. The van der Waals surface area contributed by atoms with Crippen LogP contribution in [0, 0.1) is 0 Å². The molecule has 2 amide bonds. The first kappa shape index (κ1) is 18.9. The summed E-state index contributed by atoms with van der Waals surface area (Å²) in [6, 6.07) is -0.884. The SMILES string of the molecule is CON=C(C(=O)NC1C(=O)N2C(C(=O)O)=C(Cl)CS[C@@H]12)C1=CSCCO1. The molecular formula is C14H14ClN3O6S2. The second-order valence-electron chi connectivity index (χ2n) is 5.24. The second kappa shape index (κ2) is 7.80. The Kier molecular flexibility index (Phi) is 5.68. The Morgan fingerprint density at radius 3 is 2.92 bits per heavy atom. The summed E-state index contributed by atoms with van der Waals surface area (Å²) in [4.78, 5) is 42.0. The summed E-state index contributed by atoms with van der Waals surface area (Å²) in [6.45, 7) is 0.423. The number of ether oxygens (including phenoxy) is 1. The number of carboxylic acid groups (broad SMARTS) is 1. The molecule has 3 heterocycles. The molecule has 2 N–H and O–H groups in total. The van der Waals surface area contributed by atoms with Crippen molar-refractivity contribution >= 4 is 58.6 Å². The molecule has 0 bridgehead atoms. The van der Waals surface area contributed by atoms with E-state index in [-0.39, 0.29) is 28.0 Å². The van der Waals surface area contributed by atoms with E-state index in [0.29, 0.717) is 6.61 Å². The molecule has 26 heavy (non-hydrogen) atoms. The Balaban J connectivity index is 1.75. The van der Waals surface area contributed by atoms with Crippen LogP contribution < -0.4 is 5.32 Å². The fourth-order valence-corrected chi connectivity index (χ4v) is 4.75. The Morgan fingerprint density at radius 2 is 2.31 bits per heavy atom. The zero-order valence-corrected chi connectivity index (χ0v) is 15.8. The van der Waals surface area contributed by atoms with E-state index >= 15 is 0 Å². The lowest BCUT2D eigenvalue weighted by Crippen LogP contribution is -2.71. The summed E-state index contributed by atoms with van der Waals surface area (Å²) in [5.41, 5.74) is -0.329. The summed E-state index contributed by atoms with van der Waals surface area (Å²) in [5, 5.41) is 16.7. The first-order valence-electron chi connectivity index (χ1n) is 7.39. The number of carbonyl (C=O) groups is 3. The van der Waals surface area contributed by atoms with Gasteiger partial charge in [-0.05, 0) is 0 Å². The number of rotatable bonds is 5. The normalized spacial score (nSPS) is 25.6. The first-order chi connectivity index (χ1) is 12.5. The molecule has 3 rings (SSSR count). The first-order valence-corrected chi connectivity index (χ1v) is 9.86. The molecule has 0 radical (unpaired) electrons. The summed E-state index contributed by atoms with van der Waals surface area (Å²) in [7, 11) is 1.29. The van der Waals surface area contributed by atoms with Crippen LogP contribution in [0.1, 0.15) is 0 Å². The van der Waals surface area contributed by atoms with Crippen molar-refractivity contribution in [2.75, 3.05) is 25.2 Å². The van der Waals surface area contributed by atoms with Gasteiger partial charge in [-0.2, -0.15) is 0 Å². The van der Waals surface area contributed by atoms with E-state index in [0.717, 1.165) is 10.7 Å². The molecule has 0 spiro atoms. The van der Waals surface area contributed by atoms with Gasteiger partial charge in [0.15, 0.2) is 5.76 Å². The molecule has 3 aliphatic heterocycles. The molecule has 0 aromatic carbocycles. The molecule has 12 heteroatoms. The zero-order chi connectivity index (χ0) is 18.8. The van der Waals surface area contributed by atoms with E-state index < -0.39 is 29.2 Å². The quantitative estimate of drug-likeness (QED) is 0.376. The van der Waals surface area contributed by atoms with Crippen molar-refractivity contribution in [2.45, 2.75) is 11.4 Å². The molecule has 140 valence electrons. The topological polar surface area (TPSA) is 118 Å². The molecule has 0 aliphatic carbocycles. The highest BCUT2D eigenvalue weighted by Crippen LogP contribution is 2.41. The number of aliphatic carboxylic acids is 1. The van der Waals surface area contributed by atoms with E-state index in [1.54, 1.807) is 5.41 Å². The maximum atomic E-state index is 12.5. The van der Waals surface area contributed by atoms with E-state index in [1.165, 1.54) is 30.6 Å². The number of hydrogen-bond acceptors (Lipinski definition) is 8. The Morgan fingerprint density at radius 1 is 1.54 bits per heavy atom. The molecule has 1 saturated heterocycles. The van der Waals surface area contributed by atoms with Crippen molar-refractivity contribution in [2.24, 2.45) is 5.16 Å². The molecule has 0 saturated carbocycles. The highest BCUT2D eigenvalue weighted by atomic mass is 35.5. The number of carbonyl (C=O) groups excluding carboxylic acids is 2. The highest BCUT2D eigenvalue weighted by Gasteiger charge is 2.54. The number of nitrogens with zero attached hydrogens (tertiary/aromatic N) is 2. The maximum absolute atomic E-state index is 12.5. The van der Waals surface area contributed by atoms with Crippen molar-refractivity contribution in [1.82, 2.24) is 10.2 Å². The number of hydrogen-bond donors (Lipinski definition) is 2. The van der Waals surface area contributed by atoms with Crippen LogP contribution in [0.15, 0.2) is 27.1 Å². The van der Waals surface area contributed by atoms with Crippen LogP contribution in [0.4, 0.5) is 0 Å². The molecule has 3 aliphatic rings. The van der Waals surface area contributed by atoms with Gasteiger partial charge in [0, 0.05) is 16.9 Å². The smallest absolute Gasteiger partial charge is 0.353 e. The fourth-order valence-electron chi connectivity index (χ4n) is 2.57. The average Bonchev–Trinajstić information content (AvgIpc) is 2.64. The molecule has 0 aromatic heterocycles. The average molecular weight is 420 g/mol. The number of β-lactam (4-membered cyclic amide) rings is 1. The third kappa shape index (κ3) is 3.38. The van der Waals surface area contributed by atoms with Crippen molar-refractivity contribution in [3.63, 3.8) is 0 Å². The monoisotopic (exact) mass is 419 g/mol. The fraction of sp³-hybridized carbons (Fsp3) is 0.429. The minimum atomic E-state index is -1.28. The molecule has 9 nitrogen and oxygen atoms in total. The van der Waals surface area contributed by atoms with Gasteiger partial charge >= 0.3 is 5.97 Å². The van der Waals surface area contributed by atoms with Crippen LogP contribution >= 0.6 is 35.1 Å². The Hall–Kier alpha value is -1.85. The third-order valence-electron chi connectivity index (χ3n) is 3.69. The van der Waals surface area contributed by atoms with Gasteiger partial charge in [-0.15, -0.1) is 23.5 Å². The van der Waals surface area contributed by atoms with Gasteiger partial charge in [-0.3, -0.25) is 14.5 Å². The van der Waals surface area contributed by atoms with Gasteiger partial charge < -0.3 is 20.0 Å². The lowest BCUT2D eigenvalue weighted by atomic mass is 10.0. The van der Waals surface area contributed by atoms with Crippen molar-refractivity contribution < 1.29 is 29.1 Å². The van der Waals surface area contributed by atoms with Crippen LogP contribution in [-0.2, 0) is 24.0 Å². The molecule has 1 unspecified atom stereocenters. The predicted molar refractivity (Wildman–Crippen MR) is 96.5 cm³/mol. The van der Waals surface area contributed by atoms with Crippen LogP contribution in [0.5, 0.6) is 0 Å². The van der Waals surface area contributed by atoms with Gasteiger partial charge in [0.2, 0.25) is 5.71 Å². The van der Waals surface area contributed by atoms with Gasteiger partial charge in [0.25, 0.3) is 11.8 Å².